The maximum absolute atomic E-state index is 11.5. The maximum Gasteiger partial charge on any atom is 0.224 e. The summed E-state index contributed by atoms with van der Waals surface area (Å²) < 4.78 is 5.33. The molecule has 1 heterocycles. The molecule has 1 amide bonds. The van der Waals surface area contributed by atoms with Gasteiger partial charge in [-0.15, -0.1) is 11.6 Å². The Hall–Kier alpha value is -0.320. The van der Waals surface area contributed by atoms with E-state index in [0.717, 1.165) is 32.5 Å². The number of likely N-dealkylation sites (tertiary alicyclic amines) is 1. The van der Waals surface area contributed by atoms with Crippen LogP contribution in [0.15, 0.2) is 0 Å². The number of hydrogen-bond donors (Lipinski definition) is 1. The first-order chi connectivity index (χ1) is 7.77. The van der Waals surface area contributed by atoms with Crippen LogP contribution in [0.3, 0.4) is 0 Å². The van der Waals surface area contributed by atoms with E-state index in [1.165, 1.54) is 0 Å². The van der Waals surface area contributed by atoms with Gasteiger partial charge < -0.3 is 15.0 Å². The van der Waals surface area contributed by atoms with Crippen LogP contribution in [-0.2, 0) is 9.53 Å². The Bertz CT molecular complexity index is 214. The molecule has 0 aromatic rings. The van der Waals surface area contributed by atoms with Crippen LogP contribution >= 0.6 is 11.6 Å². The second-order valence-electron chi connectivity index (χ2n) is 4.06. The van der Waals surface area contributed by atoms with E-state index >= 15 is 0 Å². The van der Waals surface area contributed by atoms with Crippen LogP contribution in [0.25, 0.3) is 0 Å². The fraction of sp³-hybridized carbons (Fsp3) is 0.909. The van der Waals surface area contributed by atoms with Gasteiger partial charge in [-0.2, -0.15) is 0 Å². The van der Waals surface area contributed by atoms with Crippen molar-refractivity contribution in [1.29, 1.82) is 0 Å². The van der Waals surface area contributed by atoms with Gasteiger partial charge >= 0.3 is 0 Å². The largest absolute Gasteiger partial charge is 0.379 e. The third-order valence-corrected chi connectivity index (χ3v) is 3.05. The van der Waals surface area contributed by atoms with E-state index in [2.05, 4.69) is 10.2 Å². The number of nitrogens with one attached hydrogen (secondary N) is 1. The highest BCUT2D eigenvalue weighted by Gasteiger charge is 2.24. The summed E-state index contributed by atoms with van der Waals surface area (Å²) in [5.41, 5.74) is 0. The molecule has 0 aromatic carbocycles. The van der Waals surface area contributed by atoms with Crippen molar-refractivity contribution < 1.29 is 9.53 Å². The molecule has 1 saturated heterocycles. The number of alkyl halides is 1. The number of hydrogen-bond acceptors (Lipinski definition) is 3. The Kier molecular flexibility index (Phi) is 6.76. The second-order valence-corrected chi connectivity index (χ2v) is 4.43. The fourth-order valence-electron chi connectivity index (χ4n) is 2.03. The average Bonchev–Trinajstić information content (AvgIpc) is 2.34. The summed E-state index contributed by atoms with van der Waals surface area (Å²) in [5, 5.41) is 2.72. The highest BCUT2D eigenvalue weighted by atomic mass is 35.5. The topological polar surface area (TPSA) is 41.6 Å². The van der Waals surface area contributed by atoms with E-state index in [1.54, 1.807) is 7.05 Å². The maximum atomic E-state index is 11.5. The quantitative estimate of drug-likeness (QED) is 0.556. The molecule has 94 valence electrons. The summed E-state index contributed by atoms with van der Waals surface area (Å²) in [6.07, 6.45) is 2.09. The monoisotopic (exact) mass is 248 g/mol. The van der Waals surface area contributed by atoms with Crippen LogP contribution in [-0.4, -0.2) is 56.6 Å². The molecule has 0 saturated carbocycles. The number of carbonyl (C=O) groups is 1. The number of rotatable bonds is 6. The van der Waals surface area contributed by atoms with Crippen molar-refractivity contribution in [2.75, 3.05) is 45.8 Å². The molecule has 1 aliphatic heterocycles. The number of halogens is 1. The van der Waals surface area contributed by atoms with Crippen LogP contribution in [0.2, 0.25) is 0 Å². The van der Waals surface area contributed by atoms with Gasteiger partial charge in [0.1, 0.15) is 0 Å². The van der Waals surface area contributed by atoms with Crippen LogP contribution in [0.1, 0.15) is 12.8 Å². The minimum absolute atomic E-state index is 0.145. The van der Waals surface area contributed by atoms with E-state index in [4.69, 9.17) is 16.3 Å². The van der Waals surface area contributed by atoms with E-state index < -0.39 is 0 Å². The van der Waals surface area contributed by atoms with Crippen molar-refractivity contribution in [1.82, 2.24) is 10.2 Å². The zero-order valence-electron chi connectivity index (χ0n) is 9.88. The normalized spacial score (nSPS) is 22.0. The molecule has 0 radical (unpaired) electrons. The molecule has 1 atom stereocenters. The zero-order chi connectivity index (χ0) is 11.8. The Morgan fingerprint density at radius 2 is 2.38 bits per heavy atom. The number of piperidine rings is 1. The van der Waals surface area contributed by atoms with Crippen LogP contribution in [0.4, 0.5) is 0 Å². The lowest BCUT2D eigenvalue weighted by Crippen LogP contribution is -2.43. The minimum atomic E-state index is 0.145. The molecule has 1 aliphatic rings. The van der Waals surface area contributed by atoms with Gasteiger partial charge in [-0.3, -0.25) is 4.79 Å². The van der Waals surface area contributed by atoms with Gasteiger partial charge in [0.25, 0.3) is 0 Å². The summed E-state index contributed by atoms with van der Waals surface area (Å²) >= 11 is 5.52. The predicted octanol–water partition coefficient (Wildman–Crippen LogP) is 0.700. The Labute approximate surface area is 102 Å². The van der Waals surface area contributed by atoms with E-state index in [-0.39, 0.29) is 11.8 Å². The summed E-state index contributed by atoms with van der Waals surface area (Å²) in [4.78, 5) is 13.8. The lowest BCUT2D eigenvalue weighted by atomic mass is 9.97. The average molecular weight is 249 g/mol. The molecule has 1 fully saturated rings. The van der Waals surface area contributed by atoms with Crippen LogP contribution < -0.4 is 5.32 Å². The number of nitrogens with zero attached hydrogens (tertiary/aromatic N) is 1. The molecule has 1 rings (SSSR count). The van der Waals surface area contributed by atoms with Gasteiger partial charge in [0.15, 0.2) is 0 Å². The van der Waals surface area contributed by atoms with Gasteiger partial charge in [0.05, 0.1) is 19.1 Å². The van der Waals surface area contributed by atoms with Gasteiger partial charge in [-0.25, -0.2) is 0 Å². The van der Waals surface area contributed by atoms with Crippen molar-refractivity contribution in [2.45, 2.75) is 12.8 Å². The molecule has 1 unspecified atom stereocenters. The van der Waals surface area contributed by atoms with Crippen molar-refractivity contribution in [3.05, 3.63) is 0 Å². The lowest BCUT2D eigenvalue weighted by molar-refractivity contribution is -0.126. The number of carbonyl (C=O) groups excluding carboxylic acids is 1. The second kappa shape index (κ2) is 7.87. The highest BCUT2D eigenvalue weighted by Crippen LogP contribution is 2.15. The number of ether oxygens (including phenoxy) is 1. The molecule has 4 nitrogen and oxygen atoms in total. The molecule has 1 N–H and O–H groups in total. The van der Waals surface area contributed by atoms with Gasteiger partial charge in [-0.1, -0.05) is 0 Å². The third-order valence-electron chi connectivity index (χ3n) is 2.90. The summed E-state index contributed by atoms with van der Waals surface area (Å²) in [6, 6.07) is 0. The number of amides is 1. The zero-order valence-corrected chi connectivity index (χ0v) is 10.6. The lowest BCUT2D eigenvalue weighted by Gasteiger charge is -2.31. The smallest absolute Gasteiger partial charge is 0.224 e. The Morgan fingerprint density at radius 3 is 3.06 bits per heavy atom. The first-order valence-corrected chi connectivity index (χ1v) is 6.39. The Balaban J connectivity index is 2.20. The highest BCUT2D eigenvalue weighted by molar-refractivity contribution is 6.17. The van der Waals surface area contributed by atoms with Crippen LogP contribution in [0.5, 0.6) is 0 Å². The van der Waals surface area contributed by atoms with E-state index in [1.807, 2.05) is 0 Å². The molecule has 0 bridgehead atoms. The first kappa shape index (κ1) is 13.7. The Morgan fingerprint density at radius 1 is 1.56 bits per heavy atom. The molecule has 0 aromatic heterocycles. The van der Waals surface area contributed by atoms with Crippen molar-refractivity contribution in [3.63, 3.8) is 0 Å². The van der Waals surface area contributed by atoms with Crippen molar-refractivity contribution in [2.24, 2.45) is 5.92 Å². The first-order valence-electron chi connectivity index (χ1n) is 5.85. The predicted molar refractivity (Wildman–Crippen MR) is 64.8 cm³/mol. The van der Waals surface area contributed by atoms with E-state index in [0.29, 0.717) is 19.1 Å². The molecule has 0 spiro atoms. The molecule has 0 aliphatic carbocycles. The van der Waals surface area contributed by atoms with E-state index in [9.17, 15) is 4.79 Å². The fourth-order valence-corrected chi connectivity index (χ4v) is 2.14. The van der Waals surface area contributed by atoms with Crippen molar-refractivity contribution >= 4 is 17.5 Å². The van der Waals surface area contributed by atoms with Gasteiger partial charge in [-0.05, 0) is 19.4 Å². The van der Waals surface area contributed by atoms with Gasteiger partial charge in [0, 0.05) is 26.0 Å². The van der Waals surface area contributed by atoms with Crippen LogP contribution in [0, 0.1) is 5.92 Å². The standard InChI is InChI=1S/C11H21ClN2O2/c1-13-11(15)10-3-2-5-14(9-10)6-8-16-7-4-12/h10H,2-9H2,1H3,(H,13,15). The molecular weight excluding hydrogens is 228 g/mol. The molecular formula is C11H21ClN2O2. The SMILES string of the molecule is CNC(=O)C1CCCN(CCOCCCl)C1. The summed E-state index contributed by atoms with van der Waals surface area (Å²) in [5.74, 6) is 0.846. The third kappa shape index (κ3) is 4.68. The molecule has 5 heteroatoms. The summed E-state index contributed by atoms with van der Waals surface area (Å²) in [7, 11) is 1.70. The van der Waals surface area contributed by atoms with Gasteiger partial charge in [0.2, 0.25) is 5.91 Å². The molecule has 16 heavy (non-hydrogen) atoms. The minimum Gasteiger partial charge on any atom is -0.379 e. The summed E-state index contributed by atoms with van der Waals surface area (Å²) in [6.45, 7) is 4.12. The van der Waals surface area contributed by atoms with Crippen molar-refractivity contribution in [3.8, 4) is 0 Å².